The summed E-state index contributed by atoms with van der Waals surface area (Å²) in [6.45, 7) is 11.1. The van der Waals surface area contributed by atoms with Crippen LogP contribution in [0.15, 0.2) is 12.1 Å². The number of carbonyl (C=O) groups excluding carboxylic acids is 1. The van der Waals surface area contributed by atoms with Gasteiger partial charge in [-0.15, -0.1) is 0 Å². The van der Waals surface area contributed by atoms with E-state index in [1.54, 1.807) is 4.90 Å². The van der Waals surface area contributed by atoms with Crippen molar-refractivity contribution >= 4 is 17.5 Å². The van der Waals surface area contributed by atoms with Crippen molar-refractivity contribution in [2.75, 3.05) is 51.0 Å². The van der Waals surface area contributed by atoms with Crippen molar-refractivity contribution in [1.29, 1.82) is 0 Å². The molecule has 0 unspecified atom stereocenters. The molecule has 1 heterocycles. The molecule has 0 bridgehead atoms. The summed E-state index contributed by atoms with van der Waals surface area (Å²) in [7, 11) is 3.69. The molecular weight excluding hydrogens is 328 g/mol. The number of hydrogen-bond acceptors (Lipinski definition) is 6. The Balaban J connectivity index is 0.00000301. The molecule has 1 rings (SSSR count). The van der Waals surface area contributed by atoms with E-state index in [4.69, 9.17) is 10.5 Å². The molecule has 0 aromatic carbocycles. The first-order valence-corrected chi connectivity index (χ1v) is 9.78. The van der Waals surface area contributed by atoms with Gasteiger partial charge in [0.05, 0.1) is 13.2 Å². The number of pyridine rings is 1. The average molecular weight is 367 g/mol. The van der Waals surface area contributed by atoms with E-state index in [1.807, 2.05) is 34.0 Å². The first-order valence-electron chi connectivity index (χ1n) is 9.78. The number of hydrogen-bond donors (Lipinski definition) is 1. The molecule has 26 heavy (non-hydrogen) atoms. The van der Waals surface area contributed by atoms with Crippen molar-refractivity contribution in [1.82, 2.24) is 9.88 Å². The highest BCUT2D eigenvalue weighted by Gasteiger charge is 2.09. The van der Waals surface area contributed by atoms with Crippen molar-refractivity contribution in [2.45, 2.75) is 53.4 Å². The van der Waals surface area contributed by atoms with Gasteiger partial charge in [0.15, 0.2) is 0 Å². The van der Waals surface area contributed by atoms with E-state index < -0.39 is 0 Å². The van der Waals surface area contributed by atoms with Gasteiger partial charge < -0.3 is 15.4 Å². The van der Waals surface area contributed by atoms with Crippen molar-refractivity contribution in [3.63, 3.8) is 0 Å². The third kappa shape index (κ3) is 10.2. The molecule has 0 radical (unpaired) electrons. The number of ether oxygens (including phenoxy) is 1. The van der Waals surface area contributed by atoms with Crippen LogP contribution in [0, 0.1) is 0 Å². The van der Waals surface area contributed by atoms with Gasteiger partial charge in [0.1, 0.15) is 5.82 Å². The highest BCUT2D eigenvalue weighted by atomic mass is 16.5. The molecular formula is C20H38N4O2. The van der Waals surface area contributed by atoms with E-state index in [2.05, 4.69) is 29.8 Å². The Labute approximate surface area is 159 Å². The summed E-state index contributed by atoms with van der Waals surface area (Å²) in [6.07, 6.45) is 3.69. The largest absolute Gasteiger partial charge is 0.465 e. The quantitative estimate of drug-likeness (QED) is 0.478. The zero-order chi connectivity index (χ0) is 19.9. The van der Waals surface area contributed by atoms with Gasteiger partial charge in [-0.2, -0.15) is 0 Å². The lowest BCUT2D eigenvalue weighted by Gasteiger charge is -2.24. The number of anilines is 2. The Morgan fingerprint density at radius 1 is 1.15 bits per heavy atom. The number of nitrogens with two attached hydrogens (primary N) is 1. The molecule has 0 amide bonds. The highest BCUT2D eigenvalue weighted by Crippen LogP contribution is 2.20. The second-order valence-corrected chi connectivity index (χ2v) is 6.29. The van der Waals surface area contributed by atoms with Crippen LogP contribution < -0.4 is 10.6 Å². The Bertz CT molecular complexity index is 501. The van der Waals surface area contributed by atoms with Crippen LogP contribution in [-0.4, -0.2) is 56.2 Å². The minimum Gasteiger partial charge on any atom is -0.465 e. The number of nitrogen functional groups attached to an aromatic ring is 1. The first kappa shape index (κ1) is 24.2. The molecule has 0 atom stereocenters. The topological polar surface area (TPSA) is 71.7 Å². The number of aryl methyl sites for hydroxylation is 1. The van der Waals surface area contributed by atoms with Gasteiger partial charge in [-0.1, -0.05) is 27.7 Å². The number of nitrogens with zero attached hydrogens (tertiary/aromatic N) is 3. The maximum Gasteiger partial charge on any atom is 0.320 e. The predicted octanol–water partition coefficient (Wildman–Crippen LogP) is 3.35. The standard InChI is InChI=1S/C18H32N4O2.C2H6/c1-5-9-22(10-6-2)16-12-15(20-17(19)13-16)8-7-11-24-18(23)14-21(3)4;1-2/h12-13H,5-11,14H2,1-4H3,(H2,19,20);1-2H3. The summed E-state index contributed by atoms with van der Waals surface area (Å²) in [5.74, 6) is 0.350. The second-order valence-electron chi connectivity index (χ2n) is 6.29. The number of esters is 1. The molecule has 0 spiro atoms. The van der Waals surface area contributed by atoms with Crippen LogP contribution in [0.1, 0.15) is 52.7 Å². The molecule has 1 aromatic heterocycles. The summed E-state index contributed by atoms with van der Waals surface area (Å²) < 4.78 is 5.21. The second kappa shape index (κ2) is 14.4. The van der Waals surface area contributed by atoms with Crippen LogP contribution >= 0.6 is 0 Å². The van der Waals surface area contributed by atoms with Crippen LogP contribution in [0.3, 0.4) is 0 Å². The van der Waals surface area contributed by atoms with Crippen molar-refractivity contribution in [3.05, 3.63) is 17.8 Å². The molecule has 1 aromatic rings. The van der Waals surface area contributed by atoms with Gasteiger partial charge in [-0.05, 0) is 45.8 Å². The maximum absolute atomic E-state index is 11.5. The monoisotopic (exact) mass is 366 g/mol. The molecule has 0 aliphatic rings. The van der Waals surface area contributed by atoms with E-state index in [-0.39, 0.29) is 5.97 Å². The molecule has 0 aliphatic heterocycles. The summed E-state index contributed by atoms with van der Waals surface area (Å²) in [4.78, 5) is 20.0. The van der Waals surface area contributed by atoms with Crippen LogP contribution in [0.4, 0.5) is 11.5 Å². The average Bonchev–Trinajstić information content (AvgIpc) is 2.59. The third-order valence-electron chi connectivity index (χ3n) is 3.52. The zero-order valence-electron chi connectivity index (χ0n) is 17.5. The van der Waals surface area contributed by atoms with E-state index in [9.17, 15) is 4.79 Å². The molecule has 6 nitrogen and oxygen atoms in total. The van der Waals surface area contributed by atoms with Gasteiger partial charge in [-0.25, -0.2) is 4.98 Å². The predicted molar refractivity (Wildman–Crippen MR) is 111 cm³/mol. The molecule has 2 N–H and O–H groups in total. The lowest BCUT2D eigenvalue weighted by Crippen LogP contribution is -2.25. The zero-order valence-corrected chi connectivity index (χ0v) is 17.5. The molecule has 0 fully saturated rings. The Hall–Kier alpha value is -1.82. The van der Waals surface area contributed by atoms with Crippen LogP contribution in [-0.2, 0) is 16.0 Å². The summed E-state index contributed by atoms with van der Waals surface area (Å²) in [5.41, 5.74) is 8.05. The van der Waals surface area contributed by atoms with Crippen LogP contribution in [0.5, 0.6) is 0 Å². The minimum absolute atomic E-state index is 0.196. The normalized spacial score (nSPS) is 10.3. The molecule has 6 heteroatoms. The van der Waals surface area contributed by atoms with Gasteiger partial charge in [0, 0.05) is 30.5 Å². The fourth-order valence-corrected chi connectivity index (χ4v) is 2.56. The number of rotatable bonds is 11. The van der Waals surface area contributed by atoms with E-state index in [0.29, 0.717) is 19.0 Å². The minimum atomic E-state index is -0.196. The molecule has 0 saturated heterocycles. The van der Waals surface area contributed by atoms with Gasteiger partial charge in [-0.3, -0.25) is 9.69 Å². The highest BCUT2D eigenvalue weighted by molar-refractivity contribution is 5.71. The summed E-state index contributed by atoms with van der Waals surface area (Å²) >= 11 is 0. The van der Waals surface area contributed by atoms with Gasteiger partial charge in [0.2, 0.25) is 0 Å². The molecule has 0 saturated carbocycles. The van der Waals surface area contributed by atoms with Crippen molar-refractivity contribution in [3.8, 4) is 0 Å². The van der Waals surface area contributed by atoms with Gasteiger partial charge >= 0.3 is 5.97 Å². The Morgan fingerprint density at radius 2 is 1.77 bits per heavy atom. The fraction of sp³-hybridized carbons (Fsp3) is 0.700. The number of carbonyl (C=O) groups is 1. The van der Waals surface area contributed by atoms with Crippen LogP contribution in [0.2, 0.25) is 0 Å². The number of aromatic nitrogens is 1. The van der Waals surface area contributed by atoms with E-state index in [0.717, 1.165) is 50.2 Å². The SMILES string of the molecule is CC.CCCN(CCC)c1cc(N)nc(CCCOC(=O)CN(C)C)c1. The smallest absolute Gasteiger partial charge is 0.320 e. The molecule has 150 valence electrons. The fourth-order valence-electron chi connectivity index (χ4n) is 2.56. The Morgan fingerprint density at radius 3 is 2.31 bits per heavy atom. The third-order valence-corrected chi connectivity index (χ3v) is 3.52. The van der Waals surface area contributed by atoms with Gasteiger partial charge in [0.25, 0.3) is 0 Å². The Kier molecular flexibility index (Phi) is 13.4. The lowest BCUT2D eigenvalue weighted by molar-refractivity contribution is -0.144. The van der Waals surface area contributed by atoms with Crippen molar-refractivity contribution < 1.29 is 9.53 Å². The summed E-state index contributed by atoms with van der Waals surface area (Å²) in [5, 5.41) is 0. The van der Waals surface area contributed by atoms with Crippen molar-refractivity contribution in [2.24, 2.45) is 0 Å². The van der Waals surface area contributed by atoms with Crippen LogP contribution in [0.25, 0.3) is 0 Å². The number of likely N-dealkylation sites (N-methyl/N-ethyl adjacent to an activating group) is 1. The van der Waals surface area contributed by atoms with E-state index >= 15 is 0 Å². The first-order chi connectivity index (χ1) is 12.5. The maximum atomic E-state index is 11.5. The van der Waals surface area contributed by atoms with E-state index in [1.165, 1.54) is 0 Å². The molecule has 0 aliphatic carbocycles. The lowest BCUT2D eigenvalue weighted by atomic mass is 10.2. The summed E-state index contributed by atoms with van der Waals surface area (Å²) in [6, 6.07) is 4.04.